The van der Waals surface area contributed by atoms with Gasteiger partial charge in [0.15, 0.2) is 0 Å². The molecule has 0 aliphatic carbocycles. The molecule has 1 saturated heterocycles. The molecule has 1 N–H and O–H groups in total. The molecule has 1 aromatic heterocycles. The van der Waals surface area contributed by atoms with Crippen molar-refractivity contribution >= 4 is 46.7 Å². The van der Waals surface area contributed by atoms with Gasteiger partial charge in [0.1, 0.15) is 16.9 Å². The van der Waals surface area contributed by atoms with Gasteiger partial charge in [-0.05, 0) is 31.2 Å². The number of anilines is 1. The molecule has 3 rings (SSSR count). The van der Waals surface area contributed by atoms with Crippen molar-refractivity contribution < 1.29 is 9.21 Å². The van der Waals surface area contributed by atoms with Crippen molar-refractivity contribution in [1.29, 1.82) is 0 Å². The Balaban J connectivity index is 1.78. The molecule has 1 aromatic carbocycles. The number of urea groups is 1. The first-order valence-electron chi connectivity index (χ1n) is 6.76. The van der Waals surface area contributed by atoms with E-state index >= 15 is 0 Å². The number of furan rings is 1. The highest BCUT2D eigenvalue weighted by atomic mass is 35.5. The predicted octanol–water partition coefficient (Wildman–Crippen LogP) is 5.17. The summed E-state index contributed by atoms with van der Waals surface area (Å²) in [5.41, 5.74) is 0.505. The van der Waals surface area contributed by atoms with Crippen molar-refractivity contribution in [2.45, 2.75) is 12.3 Å². The van der Waals surface area contributed by atoms with E-state index in [-0.39, 0.29) is 11.4 Å². The molecule has 1 atom stereocenters. The molecule has 2 heterocycles. The summed E-state index contributed by atoms with van der Waals surface area (Å²) >= 11 is 13.8. The smallest absolute Gasteiger partial charge is 0.323 e. The monoisotopic (exact) mass is 356 g/mol. The average Bonchev–Trinajstić information content (AvgIpc) is 3.12. The first-order valence-corrected chi connectivity index (χ1v) is 8.56. The van der Waals surface area contributed by atoms with Crippen LogP contribution in [0.25, 0.3) is 0 Å². The Hall–Kier alpha value is -1.30. The summed E-state index contributed by atoms with van der Waals surface area (Å²) in [7, 11) is 0. The van der Waals surface area contributed by atoms with E-state index in [0.717, 1.165) is 17.3 Å². The summed E-state index contributed by atoms with van der Waals surface area (Å²) in [5, 5.41) is 3.45. The number of amides is 2. The lowest BCUT2D eigenvalue weighted by Gasteiger charge is -2.23. The first kappa shape index (κ1) is 15.6. The molecule has 0 spiro atoms. The van der Waals surface area contributed by atoms with Gasteiger partial charge < -0.3 is 14.6 Å². The Morgan fingerprint density at radius 2 is 2.18 bits per heavy atom. The highest BCUT2D eigenvalue weighted by molar-refractivity contribution is 7.99. The van der Waals surface area contributed by atoms with Crippen molar-refractivity contribution in [1.82, 2.24) is 4.90 Å². The molecule has 0 radical (unpaired) electrons. The molecule has 0 saturated carbocycles. The topological polar surface area (TPSA) is 45.5 Å². The van der Waals surface area contributed by atoms with Crippen LogP contribution >= 0.6 is 35.0 Å². The molecule has 0 bridgehead atoms. The molecule has 2 amide bonds. The van der Waals surface area contributed by atoms with E-state index in [1.54, 1.807) is 34.9 Å². The first-order chi connectivity index (χ1) is 10.6. The maximum absolute atomic E-state index is 12.5. The van der Waals surface area contributed by atoms with Crippen LogP contribution in [0.15, 0.2) is 34.7 Å². The summed E-state index contributed by atoms with van der Waals surface area (Å²) in [4.78, 5) is 14.3. The number of carbonyl (C=O) groups is 1. The lowest BCUT2D eigenvalue weighted by atomic mass is 10.3. The highest BCUT2D eigenvalue weighted by Gasteiger charge is 2.33. The lowest BCUT2D eigenvalue weighted by Crippen LogP contribution is -2.34. The number of nitrogens with zero attached hydrogens (tertiary/aromatic N) is 1. The molecule has 7 heteroatoms. The normalized spacial score (nSPS) is 17.8. The van der Waals surface area contributed by atoms with Crippen molar-refractivity contribution in [3.8, 4) is 0 Å². The summed E-state index contributed by atoms with van der Waals surface area (Å²) in [6.45, 7) is 2.54. The maximum Gasteiger partial charge on any atom is 0.323 e. The number of halogens is 2. The van der Waals surface area contributed by atoms with Crippen LogP contribution in [0, 0.1) is 6.92 Å². The van der Waals surface area contributed by atoms with Crippen LogP contribution in [-0.4, -0.2) is 23.2 Å². The largest absolute Gasteiger partial charge is 0.463 e. The third-order valence-electron chi connectivity index (χ3n) is 3.35. The van der Waals surface area contributed by atoms with E-state index in [4.69, 9.17) is 27.6 Å². The quantitative estimate of drug-likeness (QED) is 0.806. The lowest BCUT2D eigenvalue weighted by molar-refractivity contribution is 0.209. The van der Waals surface area contributed by atoms with Crippen LogP contribution in [0.4, 0.5) is 10.5 Å². The molecule has 1 aliphatic heterocycles. The Kier molecular flexibility index (Phi) is 4.57. The summed E-state index contributed by atoms with van der Waals surface area (Å²) in [6, 6.07) is 8.74. The molecule has 4 nitrogen and oxygen atoms in total. The predicted molar refractivity (Wildman–Crippen MR) is 90.8 cm³/mol. The minimum Gasteiger partial charge on any atom is -0.463 e. The van der Waals surface area contributed by atoms with Crippen LogP contribution in [0.5, 0.6) is 0 Å². The Morgan fingerprint density at radius 1 is 1.36 bits per heavy atom. The number of carbonyl (C=O) groups excluding carboxylic acids is 1. The van der Waals surface area contributed by atoms with Crippen LogP contribution in [0.3, 0.4) is 0 Å². The Morgan fingerprint density at radius 3 is 2.91 bits per heavy atom. The fourth-order valence-electron chi connectivity index (χ4n) is 2.29. The van der Waals surface area contributed by atoms with Gasteiger partial charge in [-0.25, -0.2) is 4.79 Å². The number of hydrogen-bond acceptors (Lipinski definition) is 3. The number of nitrogens with one attached hydrogen (secondary N) is 1. The van der Waals surface area contributed by atoms with Gasteiger partial charge in [0.25, 0.3) is 0 Å². The van der Waals surface area contributed by atoms with Crippen LogP contribution in [0.2, 0.25) is 10.0 Å². The molecule has 0 unspecified atom stereocenters. The van der Waals surface area contributed by atoms with E-state index in [2.05, 4.69) is 5.32 Å². The summed E-state index contributed by atoms with van der Waals surface area (Å²) in [6.07, 6.45) is 0. The molecule has 2 aromatic rings. The van der Waals surface area contributed by atoms with E-state index in [1.165, 1.54) is 0 Å². The summed E-state index contributed by atoms with van der Waals surface area (Å²) < 4.78 is 5.65. The second kappa shape index (κ2) is 6.44. The van der Waals surface area contributed by atoms with Gasteiger partial charge in [-0.2, -0.15) is 0 Å². The zero-order chi connectivity index (χ0) is 15.7. The van der Waals surface area contributed by atoms with Gasteiger partial charge in [-0.3, -0.25) is 0 Å². The highest BCUT2D eigenvalue weighted by Crippen LogP contribution is 2.39. The average molecular weight is 357 g/mol. The molecule has 1 fully saturated rings. The van der Waals surface area contributed by atoms with E-state index in [0.29, 0.717) is 22.3 Å². The number of rotatable bonds is 2. The van der Waals surface area contributed by atoms with Crippen molar-refractivity contribution in [3.63, 3.8) is 0 Å². The third-order valence-corrected chi connectivity index (χ3v) is 5.39. The second-order valence-corrected chi connectivity index (χ2v) is 6.87. The summed E-state index contributed by atoms with van der Waals surface area (Å²) in [5.74, 6) is 2.48. The minimum atomic E-state index is -0.215. The standard InChI is InChI=1S/C15H14Cl2N2O2S/c1-9-5-6-12(21-9)14-19(7-8-22-14)15(20)18-11-4-2-3-10(16)13(11)17/h2-6,14H,7-8H2,1H3,(H,18,20)/t14-/m1/s1. The minimum absolute atomic E-state index is 0.119. The van der Waals surface area contributed by atoms with Gasteiger partial charge in [0.2, 0.25) is 0 Å². The number of thioether (sulfide) groups is 1. The van der Waals surface area contributed by atoms with Gasteiger partial charge in [0.05, 0.1) is 15.7 Å². The van der Waals surface area contributed by atoms with Crippen molar-refractivity contribution in [2.24, 2.45) is 0 Å². The Labute approximate surface area is 142 Å². The molecular formula is C15H14Cl2N2O2S. The fourth-order valence-corrected chi connectivity index (χ4v) is 3.83. The zero-order valence-electron chi connectivity index (χ0n) is 11.8. The van der Waals surface area contributed by atoms with Crippen molar-refractivity contribution in [2.75, 3.05) is 17.6 Å². The van der Waals surface area contributed by atoms with E-state index < -0.39 is 0 Å². The number of aryl methyl sites for hydroxylation is 1. The zero-order valence-corrected chi connectivity index (χ0v) is 14.1. The molecular weight excluding hydrogens is 343 g/mol. The molecule has 1 aliphatic rings. The van der Waals surface area contributed by atoms with Crippen LogP contribution in [0.1, 0.15) is 16.9 Å². The van der Waals surface area contributed by atoms with Gasteiger partial charge in [-0.1, -0.05) is 29.3 Å². The van der Waals surface area contributed by atoms with E-state index in [1.807, 2.05) is 19.1 Å². The fraction of sp³-hybridized carbons (Fsp3) is 0.267. The SMILES string of the molecule is Cc1ccc([C@H]2SCCN2C(=O)Nc2cccc(Cl)c2Cl)o1. The van der Waals surface area contributed by atoms with E-state index in [9.17, 15) is 4.79 Å². The molecule has 22 heavy (non-hydrogen) atoms. The maximum atomic E-state index is 12.5. The van der Waals surface area contributed by atoms with Crippen LogP contribution < -0.4 is 5.32 Å². The van der Waals surface area contributed by atoms with Gasteiger partial charge >= 0.3 is 6.03 Å². The third kappa shape index (κ3) is 3.07. The van der Waals surface area contributed by atoms with Gasteiger partial charge in [0, 0.05) is 12.3 Å². The second-order valence-electron chi connectivity index (χ2n) is 4.90. The number of benzene rings is 1. The van der Waals surface area contributed by atoms with Gasteiger partial charge in [-0.15, -0.1) is 11.8 Å². The Bertz CT molecular complexity index is 705. The molecule has 116 valence electrons. The van der Waals surface area contributed by atoms with Crippen molar-refractivity contribution in [3.05, 3.63) is 51.9 Å². The number of hydrogen-bond donors (Lipinski definition) is 1. The van der Waals surface area contributed by atoms with Crippen LogP contribution in [-0.2, 0) is 0 Å².